The predicted molar refractivity (Wildman–Crippen MR) is 100 cm³/mol. The number of nitrogens with zero attached hydrogens (tertiary/aromatic N) is 4. The summed E-state index contributed by atoms with van der Waals surface area (Å²) in [6, 6.07) is 6.73. The van der Waals surface area contributed by atoms with Crippen molar-refractivity contribution in [2.75, 3.05) is 39.8 Å². The number of carbonyl (C=O) groups is 1. The van der Waals surface area contributed by atoms with Crippen molar-refractivity contribution in [3.05, 3.63) is 35.1 Å². The first-order valence-corrected chi connectivity index (χ1v) is 9.25. The lowest BCUT2D eigenvalue weighted by Crippen LogP contribution is -2.54. The number of hydrogen-bond acceptors (Lipinski definition) is 4. The second-order valence-electron chi connectivity index (χ2n) is 6.92. The van der Waals surface area contributed by atoms with Crippen molar-refractivity contribution >= 4 is 11.9 Å². The standard InChI is InChI=1S/C19H25FN6O/c1-22-19(23-12-15-10-14(11-21)2-5-17(15)20)26-8-6-25(7-9-26)13-18(27)24-16-3-4-16/h2,5,10,16H,3-4,6-9,12-13H2,1H3,(H,22,23)(H,24,27). The first-order valence-electron chi connectivity index (χ1n) is 9.25. The number of aliphatic imine (C=N–C) groups is 1. The van der Waals surface area contributed by atoms with E-state index in [1.807, 2.05) is 6.07 Å². The van der Waals surface area contributed by atoms with Gasteiger partial charge in [0.15, 0.2) is 5.96 Å². The highest BCUT2D eigenvalue weighted by Gasteiger charge is 2.25. The number of carbonyl (C=O) groups excluding carboxylic acids is 1. The van der Waals surface area contributed by atoms with E-state index < -0.39 is 0 Å². The number of amides is 1. The molecule has 0 radical (unpaired) electrons. The Morgan fingerprint density at radius 2 is 2.07 bits per heavy atom. The maximum absolute atomic E-state index is 13.9. The number of rotatable bonds is 5. The fraction of sp³-hybridized carbons (Fsp3) is 0.526. The zero-order chi connectivity index (χ0) is 19.2. The topological polar surface area (TPSA) is 83.8 Å². The van der Waals surface area contributed by atoms with E-state index in [0.29, 0.717) is 29.7 Å². The quantitative estimate of drug-likeness (QED) is 0.586. The van der Waals surface area contributed by atoms with Crippen LogP contribution in [0.1, 0.15) is 24.0 Å². The van der Waals surface area contributed by atoms with Crippen LogP contribution in [0.25, 0.3) is 0 Å². The van der Waals surface area contributed by atoms with Crippen LogP contribution in [0.2, 0.25) is 0 Å². The third-order valence-electron chi connectivity index (χ3n) is 4.81. The van der Waals surface area contributed by atoms with Gasteiger partial charge in [-0.05, 0) is 31.0 Å². The number of nitriles is 1. The summed E-state index contributed by atoms with van der Waals surface area (Å²) in [5, 5.41) is 15.1. The van der Waals surface area contributed by atoms with Gasteiger partial charge >= 0.3 is 0 Å². The van der Waals surface area contributed by atoms with Gasteiger partial charge < -0.3 is 15.5 Å². The molecule has 27 heavy (non-hydrogen) atoms. The maximum atomic E-state index is 13.9. The molecule has 144 valence electrons. The van der Waals surface area contributed by atoms with Crippen molar-refractivity contribution in [1.29, 1.82) is 5.26 Å². The lowest BCUT2D eigenvalue weighted by atomic mass is 10.1. The van der Waals surface area contributed by atoms with Gasteiger partial charge in [-0.1, -0.05) is 0 Å². The minimum absolute atomic E-state index is 0.0984. The Morgan fingerprint density at radius 1 is 1.33 bits per heavy atom. The molecule has 0 unspecified atom stereocenters. The highest BCUT2D eigenvalue weighted by Crippen LogP contribution is 2.18. The highest BCUT2D eigenvalue weighted by molar-refractivity contribution is 5.80. The molecule has 8 heteroatoms. The molecular formula is C19H25FN6O. The molecule has 2 aliphatic rings. The van der Waals surface area contributed by atoms with Crippen LogP contribution in [0.15, 0.2) is 23.2 Å². The van der Waals surface area contributed by atoms with Gasteiger partial charge in [0, 0.05) is 51.4 Å². The normalized spacial score (nSPS) is 18.1. The van der Waals surface area contributed by atoms with Gasteiger partial charge in [0.25, 0.3) is 0 Å². The minimum atomic E-state index is -0.344. The monoisotopic (exact) mass is 372 g/mol. The van der Waals surface area contributed by atoms with Crippen LogP contribution < -0.4 is 10.6 Å². The van der Waals surface area contributed by atoms with Crippen molar-refractivity contribution < 1.29 is 9.18 Å². The van der Waals surface area contributed by atoms with Gasteiger partial charge in [0.1, 0.15) is 5.82 Å². The molecule has 2 fully saturated rings. The Bertz CT molecular complexity index is 747. The molecule has 2 N–H and O–H groups in total. The fourth-order valence-electron chi connectivity index (χ4n) is 3.11. The highest BCUT2D eigenvalue weighted by atomic mass is 19.1. The lowest BCUT2D eigenvalue weighted by Gasteiger charge is -2.36. The molecule has 7 nitrogen and oxygen atoms in total. The maximum Gasteiger partial charge on any atom is 0.234 e. The van der Waals surface area contributed by atoms with Gasteiger partial charge in [-0.25, -0.2) is 4.39 Å². The molecule has 1 amide bonds. The second kappa shape index (κ2) is 8.82. The number of hydrogen-bond donors (Lipinski definition) is 2. The molecule has 1 aromatic carbocycles. The van der Waals surface area contributed by atoms with Gasteiger partial charge in [0.2, 0.25) is 5.91 Å². The first-order chi connectivity index (χ1) is 13.1. The third kappa shape index (κ3) is 5.41. The van der Waals surface area contributed by atoms with Crippen LogP contribution in [0.3, 0.4) is 0 Å². The molecule has 3 rings (SSSR count). The molecule has 1 heterocycles. The van der Waals surface area contributed by atoms with Crippen LogP contribution in [0, 0.1) is 17.1 Å². The Morgan fingerprint density at radius 3 is 2.70 bits per heavy atom. The molecular weight excluding hydrogens is 347 g/mol. The molecule has 1 aliphatic heterocycles. The number of piperazine rings is 1. The summed E-state index contributed by atoms with van der Waals surface area (Å²) in [5.41, 5.74) is 0.867. The summed E-state index contributed by atoms with van der Waals surface area (Å²) in [6.45, 7) is 3.74. The molecule has 0 aromatic heterocycles. The summed E-state index contributed by atoms with van der Waals surface area (Å²) < 4.78 is 13.9. The zero-order valence-corrected chi connectivity index (χ0v) is 15.5. The predicted octanol–water partition coefficient (Wildman–Crippen LogP) is 0.669. The third-order valence-corrected chi connectivity index (χ3v) is 4.81. The van der Waals surface area contributed by atoms with Crippen LogP contribution in [-0.2, 0) is 11.3 Å². The summed E-state index contributed by atoms with van der Waals surface area (Å²) in [5.74, 6) is 0.448. The van der Waals surface area contributed by atoms with Gasteiger partial charge in [-0.3, -0.25) is 14.7 Å². The van der Waals surface area contributed by atoms with Crippen LogP contribution in [0.4, 0.5) is 4.39 Å². The molecule has 0 atom stereocenters. The SMILES string of the molecule is CN=C(NCc1cc(C#N)ccc1F)N1CCN(CC(=O)NC2CC2)CC1. The first kappa shape index (κ1) is 19.1. The summed E-state index contributed by atoms with van der Waals surface area (Å²) in [7, 11) is 1.69. The Balaban J connectivity index is 1.47. The summed E-state index contributed by atoms with van der Waals surface area (Å²) in [6.07, 6.45) is 2.19. The van der Waals surface area contributed by atoms with Crippen molar-refractivity contribution in [1.82, 2.24) is 20.4 Å². The number of guanidine groups is 1. The number of benzene rings is 1. The van der Waals surface area contributed by atoms with Crippen LogP contribution in [0.5, 0.6) is 0 Å². The van der Waals surface area contributed by atoms with Crippen LogP contribution in [-0.4, -0.2) is 67.5 Å². The van der Waals surface area contributed by atoms with Gasteiger partial charge in [-0.2, -0.15) is 5.26 Å². The molecule has 0 spiro atoms. The minimum Gasteiger partial charge on any atom is -0.352 e. The van der Waals surface area contributed by atoms with Crippen LogP contribution >= 0.6 is 0 Å². The van der Waals surface area contributed by atoms with Crippen molar-refractivity contribution in [2.24, 2.45) is 4.99 Å². The average Bonchev–Trinajstić information content (AvgIpc) is 3.48. The summed E-state index contributed by atoms with van der Waals surface area (Å²) in [4.78, 5) is 20.4. The second-order valence-corrected chi connectivity index (χ2v) is 6.92. The summed E-state index contributed by atoms with van der Waals surface area (Å²) >= 11 is 0. The van der Waals surface area contributed by atoms with E-state index in [9.17, 15) is 9.18 Å². The van der Waals surface area contributed by atoms with E-state index in [1.165, 1.54) is 12.1 Å². The van der Waals surface area contributed by atoms with E-state index in [0.717, 1.165) is 39.0 Å². The molecule has 1 saturated heterocycles. The Kier molecular flexibility index (Phi) is 6.24. The number of nitrogens with one attached hydrogen (secondary N) is 2. The van der Waals surface area contributed by atoms with Gasteiger partial charge in [0.05, 0.1) is 18.2 Å². The van der Waals surface area contributed by atoms with E-state index in [-0.39, 0.29) is 18.3 Å². The lowest BCUT2D eigenvalue weighted by molar-refractivity contribution is -0.122. The van der Waals surface area contributed by atoms with Crippen molar-refractivity contribution in [3.63, 3.8) is 0 Å². The average molecular weight is 372 g/mol. The molecule has 1 aromatic rings. The zero-order valence-electron chi connectivity index (χ0n) is 15.5. The molecule has 0 bridgehead atoms. The van der Waals surface area contributed by atoms with E-state index in [4.69, 9.17) is 5.26 Å². The molecule has 1 saturated carbocycles. The number of halogens is 1. The largest absolute Gasteiger partial charge is 0.352 e. The van der Waals surface area contributed by atoms with E-state index in [2.05, 4.69) is 25.4 Å². The van der Waals surface area contributed by atoms with Gasteiger partial charge in [-0.15, -0.1) is 0 Å². The van der Waals surface area contributed by atoms with E-state index >= 15 is 0 Å². The fourth-order valence-corrected chi connectivity index (χ4v) is 3.11. The Hall–Kier alpha value is -2.66. The smallest absolute Gasteiger partial charge is 0.234 e. The van der Waals surface area contributed by atoms with Crippen molar-refractivity contribution in [2.45, 2.75) is 25.4 Å². The van der Waals surface area contributed by atoms with Crippen molar-refractivity contribution in [3.8, 4) is 6.07 Å². The molecule has 1 aliphatic carbocycles. The van der Waals surface area contributed by atoms with E-state index in [1.54, 1.807) is 13.1 Å². The Labute approximate surface area is 158 Å².